The number of aryl methyl sites for hydroxylation is 2. The summed E-state index contributed by atoms with van der Waals surface area (Å²) in [7, 11) is 0. The molecular weight excluding hydrogens is 408 g/mol. The van der Waals surface area contributed by atoms with Crippen LogP contribution in [0, 0.1) is 6.92 Å². The summed E-state index contributed by atoms with van der Waals surface area (Å²) in [4.78, 5) is 27.8. The van der Waals surface area contributed by atoms with Crippen LogP contribution in [0.3, 0.4) is 0 Å². The zero-order valence-electron chi connectivity index (χ0n) is 18.9. The highest BCUT2D eigenvalue weighted by molar-refractivity contribution is 5.76. The van der Waals surface area contributed by atoms with Crippen molar-refractivity contribution >= 4 is 5.91 Å². The van der Waals surface area contributed by atoms with Crippen LogP contribution in [0.4, 0.5) is 0 Å². The van der Waals surface area contributed by atoms with Gasteiger partial charge in [0.15, 0.2) is 5.82 Å². The lowest BCUT2D eigenvalue weighted by Gasteiger charge is -2.26. The van der Waals surface area contributed by atoms with Crippen LogP contribution >= 0.6 is 0 Å². The summed E-state index contributed by atoms with van der Waals surface area (Å²) >= 11 is 0. The number of aromatic nitrogens is 5. The van der Waals surface area contributed by atoms with Gasteiger partial charge in [0.2, 0.25) is 5.91 Å². The maximum absolute atomic E-state index is 13.1. The van der Waals surface area contributed by atoms with Crippen molar-refractivity contribution in [3.05, 3.63) is 69.7 Å². The number of carbonyl (C=O) groups is 1. The van der Waals surface area contributed by atoms with E-state index in [1.807, 2.05) is 62.0 Å². The molecule has 0 radical (unpaired) electrons. The quantitative estimate of drug-likeness (QED) is 0.538. The van der Waals surface area contributed by atoms with Gasteiger partial charge in [-0.1, -0.05) is 30.3 Å². The summed E-state index contributed by atoms with van der Waals surface area (Å²) in [6, 6.07) is 9.74. The summed E-state index contributed by atoms with van der Waals surface area (Å²) in [5.74, 6) is 0.497. The van der Waals surface area contributed by atoms with E-state index in [2.05, 4.69) is 10.2 Å². The lowest BCUT2D eigenvalue weighted by Crippen LogP contribution is -2.35. The van der Waals surface area contributed by atoms with Crippen LogP contribution in [-0.2, 0) is 35.7 Å². The Balaban J connectivity index is 1.50. The summed E-state index contributed by atoms with van der Waals surface area (Å²) in [5.41, 5.74) is 2.80. The Kier molecular flexibility index (Phi) is 6.55. The zero-order chi connectivity index (χ0) is 22.7. The number of fused-ring (bicyclic) bond motifs is 1. The molecule has 0 saturated carbocycles. The molecule has 32 heavy (non-hydrogen) atoms. The van der Waals surface area contributed by atoms with Crippen molar-refractivity contribution < 1.29 is 9.53 Å². The smallest absolute Gasteiger partial charge is 0.346 e. The van der Waals surface area contributed by atoms with Gasteiger partial charge in [0.1, 0.15) is 6.10 Å². The van der Waals surface area contributed by atoms with Crippen LogP contribution in [0.15, 0.2) is 41.3 Å². The number of benzene rings is 1. The van der Waals surface area contributed by atoms with E-state index in [1.54, 1.807) is 9.47 Å². The fourth-order valence-corrected chi connectivity index (χ4v) is 4.02. The van der Waals surface area contributed by atoms with Gasteiger partial charge in [-0.15, -0.1) is 0 Å². The van der Waals surface area contributed by atoms with Crippen molar-refractivity contribution in [2.75, 3.05) is 13.2 Å². The average molecular weight is 439 g/mol. The molecule has 0 N–H and O–H groups in total. The van der Waals surface area contributed by atoms with Crippen LogP contribution in [0.5, 0.6) is 0 Å². The third-order valence-electron chi connectivity index (χ3n) is 5.88. The predicted octanol–water partition coefficient (Wildman–Crippen LogP) is 2.13. The first-order valence-corrected chi connectivity index (χ1v) is 11.1. The van der Waals surface area contributed by atoms with E-state index >= 15 is 0 Å². The van der Waals surface area contributed by atoms with Gasteiger partial charge < -0.3 is 9.64 Å². The number of hydrogen-bond donors (Lipinski definition) is 0. The Bertz CT molecular complexity index is 1130. The van der Waals surface area contributed by atoms with Crippen molar-refractivity contribution in [2.45, 2.75) is 59.5 Å². The molecule has 0 fully saturated rings. The lowest BCUT2D eigenvalue weighted by molar-refractivity contribution is -0.135. The van der Waals surface area contributed by atoms with Crippen LogP contribution in [0.1, 0.15) is 49.0 Å². The first-order chi connectivity index (χ1) is 15.5. The van der Waals surface area contributed by atoms with Crippen molar-refractivity contribution in [3.63, 3.8) is 0 Å². The Morgan fingerprint density at radius 3 is 2.69 bits per heavy atom. The van der Waals surface area contributed by atoms with Crippen LogP contribution < -0.4 is 5.69 Å². The van der Waals surface area contributed by atoms with Gasteiger partial charge in [0, 0.05) is 31.4 Å². The Morgan fingerprint density at radius 1 is 1.22 bits per heavy atom. The first kappa shape index (κ1) is 22.0. The molecule has 1 aliphatic rings. The molecule has 9 nitrogen and oxygen atoms in total. The number of amides is 1. The van der Waals surface area contributed by atoms with Gasteiger partial charge in [0.05, 0.1) is 31.8 Å². The second-order valence-corrected chi connectivity index (χ2v) is 8.00. The first-order valence-electron chi connectivity index (χ1n) is 11.1. The number of nitrogens with zero attached hydrogens (tertiary/aromatic N) is 6. The largest absolute Gasteiger partial charge is 0.368 e. The van der Waals surface area contributed by atoms with Crippen LogP contribution in [-0.4, -0.2) is 48.1 Å². The minimum Gasteiger partial charge on any atom is -0.368 e. The number of ether oxygens (including phenoxy) is 1. The predicted molar refractivity (Wildman–Crippen MR) is 119 cm³/mol. The highest BCUT2D eigenvalue weighted by atomic mass is 16.5. The van der Waals surface area contributed by atoms with Gasteiger partial charge in [-0.2, -0.15) is 10.2 Å². The normalized spacial score (nSPS) is 15.5. The molecule has 0 spiro atoms. The summed E-state index contributed by atoms with van der Waals surface area (Å²) in [6.45, 7) is 9.06. The third kappa shape index (κ3) is 4.52. The van der Waals surface area contributed by atoms with Crippen molar-refractivity contribution in [3.8, 4) is 0 Å². The van der Waals surface area contributed by atoms with E-state index < -0.39 is 6.10 Å². The second-order valence-electron chi connectivity index (χ2n) is 8.00. The minimum atomic E-state index is -0.533. The molecule has 3 aromatic rings. The molecule has 170 valence electrons. The topological polar surface area (TPSA) is 87.2 Å². The molecule has 2 aromatic heterocycles. The Hall–Kier alpha value is -3.20. The highest BCUT2D eigenvalue weighted by Gasteiger charge is 2.30. The van der Waals surface area contributed by atoms with E-state index in [9.17, 15) is 9.59 Å². The molecule has 1 aliphatic heterocycles. The van der Waals surface area contributed by atoms with Gasteiger partial charge >= 0.3 is 5.69 Å². The standard InChI is InChI=1S/C23H30N6O3/c1-4-26(15-19-16-27(5-2)24-17(19)3)21(30)13-20-22-25-29(14-18-9-7-6-8-10-18)23(31)28(22)11-12-32-20/h6-10,16,20H,4-5,11-15H2,1-3H3. The maximum atomic E-state index is 13.1. The number of hydrogen-bond acceptors (Lipinski definition) is 5. The van der Waals surface area contributed by atoms with E-state index in [1.165, 1.54) is 4.68 Å². The molecule has 1 atom stereocenters. The molecule has 0 saturated heterocycles. The summed E-state index contributed by atoms with van der Waals surface area (Å²) in [5, 5.41) is 9.01. The summed E-state index contributed by atoms with van der Waals surface area (Å²) in [6.07, 6.45) is 1.61. The minimum absolute atomic E-state index is 0.0281. The molecule has 0 aliphatic carbocycles. The van der Waals surface area contributed by atoms with E-state index in [0.29, 0.717) is 38.6 Å². The van der Waals surface area contributed by atoms with Gasteiger partial charge in [-0.05, 0) is 26.3 Å². The molecular formula is C23H30N6O3. The number of rotatable bonds is 8. The fourth-order valence-electron chi connectivity index (χ4n) is 4.02. The molecule has 9 heteroatoms. The van der Waals surface area contributed by atoms with E-state index in [-0.39, 0.29) is 18.0 Å². The monoisotopic (exact) mass is 438 g/mol. The van der Waals surface area contributed by atoms with Gasteiger partial charge in [-0.25, -0.2) is 9.48 Å². The van der Waals surface area contributed by atoms with Crippen LogP contribution in [0.25, 0.3) is 0 Å². The molecule has 1 unspecified atom stereocenters. The third-order valence-corrected chi connectivity index (χ3v) is 5.88. The molecule has 0 bridgehead atoms. The molecule has 4 rings (SSSR count). The van der Waals surface area contributed by atoms with Crippen molar-refractivity contribution in [2.24, 2.45) is 0 Å². The lowest BCUT2D eigenvalue weighted by atomic mass is 10.1. The van der Waals surface area contributed by atoms with E-state index in [4.69, 9.17) is 4.74 Å². The Morgan fingerprint density at radius 2 is 2.00 bits per heavy atom. The Labute approximate surface area is 187 Å². The molecule has 1 amide bonds. The van der Waals surface area contributed by atoms with Gasteiger partial charge in [0.25, 0.3) is 0 Å². The van der Waals surface area contributed by atoms with Crippen LogP contribution in [0.2, 0.25) is 0 Å². The maximum Gasteiger partial charge on any atom is 0.346 e. The molecule has 3 heterocycles. The summed E-state index contributed by atoms with van der Waals surface area (Å²) < 4.78 is 10.9. The van der Waals surface area contributed by atoms with Crippen molar-refractivity contribution in [1.82, 2.24) is 29.0 Å². The SMILES string of the molecule is CCN(Cc1cn(CC)nc1C)C(=O)CC1OCCn2c1nn(Cc1ccccc1)c2=O. The van der Waals surface area contributed by atoms with E-state index in [0.717, 1.165) is 23.4 Å². The molecule has 1 aromatic carbocycles. The zero-order valence-corrected chi connectivity index (χ0v) is 18.9. The van der Waals surface area contributed by atoms with Gasteiger partial charge in [-0.3, -0.25) is 14.0 Å². The number of carbonyl (C=O) groups excluding carboxylic acids is 1. The highest BCUT2D eigenvalue weighted by Crippen LogP contribution is 2.24. The average Bonchev–Trinajstić information content (AvgIpc) is 3.32. The second kappa shape index (κ2) is 9.52. The van der Waals surface area contributed by atoms with Crippen molar-refractivity contribution in [1.29, 1.82) is 0 Å². The fraction of sp³-hybridized carbons (Fsp3) is 0.478.